The van der Waals surface area contributed by atoms with E-state index in [0.717, 1.165) is 26.4 Å². The van der Waals surface area contributed by atoms with Gasteiger partial charge in [-0.3, -0.25) is 4.79 Å². The van der Waals surface area contributed by atoms with Gasteiger partial charge in [0.1, 0.15) is 11.7 Å². The van der Waals surface area contributed by atoms with Crippen molar-refractivity contribution in [1.29, 1.82) is 0 Å². The Kier molecular flexibility index (Phi) is 4.41. The van der Waals surface area contributed by atoms with Gasteiger partial charge in [-0.05, 0) is 44.4 Å². The van der Waals surface area contributed by atoms with Crippen LogP contribution in [0.5, 0.6) is 0 Å². The van der Waals surface area contributed by atoms with Crippen molar-refractivity contribution < 1.29 is 9.90 Å². The first-order valence-corrected chi connectivity index (χ1v) is 9.54. The molecule has 1 aromatic carbocycles. The van der Waals surface area contributed by atoms with Crippen LogP contribution in [0.4, 0.5) is 0 Å². The Labute approximate surface area is 160 Å². The van der Waals surface area contributed by atoms with E-state index >= 15 is 0 Å². The number of aliphatic hydroxyl groups is 1. The zero-order valence-corrected chi connectivity index (χ0v) is 16.2. The van der Waals surface area contributed by atoms with E-state index in [1.807, 2.05) is 50.2 Å². The van der Waals surface area contributed by atoms with Crippen molar-refractivity contribution in [3.05, 3.63) is 63.9 Å². The third-order valence-electron chi connectivity index (χ3n) is 4.53. The molecule has 4 aromatic rings. The van der Waals surface area contributed by atoms with E-state index in [4.69, 9.17) is 0 Å². The molecule has 138 valence electrons. The van der Waals surface area contributed by atoms with E-state index in [-0.39, 0.29) is 12.5 Å². The molecule has 0 fully saturated rings. The highest BCUT2D eigenvalue weighted by atomic mass is 32.1. The van der Waals surface area contributed by atoms with Crippen molar-refractivity contribution in [2.45, 2.75) is 26.9 Å². The first kappa shape index (κ1) is 17.6. The summed E-state index contributed by atoms with van der Waals surface area (Å²) in [5.41, 5.74) is 3.36. The first-order chi connectivity index (χ1) is 12.9. The molecular weight excluding hydrogens is 360 g/mol. The lowest BCUT2D eigenvalue weighted by Gasteiger charge is -2.10. The largest absolute Gasteiger partial charge is 0.386 e. The topological polar surface area (TPSA) is 79.5 Å². The average Bonchev–Trinajstić information content (AvgIpc) is 3.20. The molecule has 0 saturated heterocycles. The number of carbonyl (C=O) groups excluding carboxylic acids is 1. The highest BCUT2D eigenvalue weighted by molar-refractivity contribution is 7.19. The lowest BCUT2D eigenvalue weighted by molar-refractivity contribution is 0.0919. The van der Waals surface area contributed by atoms with Crippen molar-refractivity contribution in [3.63, 3.8) is 0 Å². The van der Waals surface area contributed by atoms with Crippen LogP contribution in [0, 0.1) is 20.8 Å². The second-order valence-electron chi connectivity index (χ2n) is 6.65. The molecule has 0 radical (unpaired) electrons. The van der Waals surface area contributed by atoms with E-state index in [9.17, 15) is 9.90 Å². The van der Waals surface area contributed by atoms with Crippen molar-refractivity contribution in [2.75, 3.05) is 6.54 Å². The SMILES string of the molecule is Cc1cc(C)n2nc(C)c(C(=O)NC[C@H](O)c3cc4ccccc4s3)c2n1. The third kappa shape index (κ3) is 3.20. The Morgan fingerprint density at radius 1 is 1.26 bits per heavy atom. The van der Waals surface area contributed by atoms with E-state index < -0.39 is 6.10 Å². The molecule has 1 amide bonds. The molecule has 6 nitrogen and oxygen atoms in total. The number of thiophene rings is 1. The summed E-state index contributed by atoms with van der Waals surface area (Å²) in [4.78, 5) is 18.1. The molecule has 0 unspecified atom stereocenters. The molecule has 0 saturated carbocycles. The first-order valence-electron chi connectivity index (χ1n) is 8.72. The molecule has 3 heterocycles. The average molecular weight is 380 g/mol. The van der Waals surface area contributed by atoms with Gasteiger partial charge < -0.3 is 10.4 Å². The van der Waals surface area contributed by atoms with E-state index in [1.54, 1.807) is 11.4 Å². The van der Waals surface area contributed by atoms with Crippen molar-refractivity contribution in [3.8, 4) is 0 Å². The van der Waals surface area contributed by atoms with Crippen LogP contribution < -0.4 is 5.32 Å². The fourth-order valence-electron chi connectivity index (χ4n) is 3.24. The number of carbonyl (C=O) groups is 1. The number of benzene rings is 1. The van der Waals surface area contributed by atoms with E-state index in [1.165, 1.54) is 11.3 Å². The van der Waals surface area contributed by atoms with Crippen molar-refractivity contribution in [1.82, 2.24) is 19.9 Å². The van der Waals surface area contributed by atoms with Crippen LogP contribution in [0.3, 0.4) is 0 Å². The second-order valence-corrected chi connectivity index (χ2v) is 7.76. The molecule has 0 spiro atoms. The maximum atomic E-state index is 12.8. The zero-order chi connectivity index (χ0) is 19.1. The fraction of sp³-hybridized carbons (Fsp3) is 0.250. The van der Waals surface area contributed by atoms with Gasteiger partial charge in [-0.15, -0.1) is 11.3 Å². The Bertz CT molecular complexity index is 1130. The molecular formula is C20H20N4O2S. The van der Waals surface area contributed by atoms with E-state index in [0.29, 0.717) is 16.9 Å². The van der Waals surface area contributed by atoms with Crippen LogP contribution in [-0.4, -0.2) is 32.2 Å². The van der Waals surface area contributed by atoms with Crippen LogP contribution >= 0.6 is 11.3 Å². The quantitative estimate of drug-likeness (QED) is 0.569. The van der Waals surface area contributed by atoms with Crippen LogP contribution in [-0.2, 0) is 0 Å². The van der Waals surface area contributed by atoms with Crippen LogP contribution in [0.25, 0.3) is 15.7 Å². The van der Waals surface area contributed by atoms with Gasteiger partial charge in [-0.2, -0.15) is 5.10 Å². The number of rotatable bonds is 4. The molecule has 0 aliphatic carbocycles. The summed E-state index contributed by atoms with van der Waals surface area (Å²) in [5.74, 6) is -0.278. The number of aryl methyl sites for hydroxylation is 3. The summed E-state index contributed by atoms with van der Waals surface area (Å²) in [5, 5.41) is 18.8. The van der Waals surface area contributed by atoms with Crippen molar-refractivity contribution in [2.24, 2.45) is 0 Å². The smallest absolute Gasteiger partial charge is 0.257 e. The monoisotopic (exact) mass is 380 g/mol. The minimum atomic E-state index is -0.759. The Balaban J connectivity index is 1.56. The number of aliphatic hydroxyl groups excluding tert-OH is 1. The summed E-state index contributed by atoms with van der Waals surface area (Å²) >= 11 is 1.53. The molecule has 0 aliphatic rings. The van der Waals surface area contributed by atoms with E-state index in [2.05, 4.69) is 15.4 Å². The lowest BCUT2D eigenvalue weighted by atomic mass is 10.2. The van der Waals surface area contributed by atoms with Gasteiger partial charge in [0.25, 0.3) is 5.91 Å². The molecule has 4 rings (SSSR count). The zero-order valence-electron chi connectivity index (χ0n) is 15.4. The molecule has 0 bridgehead atoms. The third-order valence-corrected chi connectivity index (χ3v) is 5.74. The van der Waals surface area contributed by atoms with Gasteiger partial charge in [0.15, 0.2) is 5.65 Å². The van der Waals surface area contributed by atoms with Crippen LogP contribution in [0.15, 0.2) is 36.4 Å². The van der Waals surface area contributed by atoms with Gasteiger partial charge in [0.05, 0.1) is 5.69 Å². The van der Waals surface area contributed by atoms with Crippen LogP contribution in [0.1, 0.15) is 38.4 Å². The minimum absolute atomic E-state index is 0.132. The Morgan fingerprint density at radius 2 is 2.04 bits per heavy atom. The molecule has 27 heavy (non-hydrogen) atoms. The standard InChI is InChI=1S/C20H20N4O2S/c1-11-8-12(2)24-19(22-11)18(13(3)23-24)20(26)21-10-15(25)17-9-14-6-4-5-7-16(14)27-17/h4-9,15,25H,10H2,1-3H3,(H,21,26)/t15-/m0/s1. The normalized spacial score (nSPS) is 12.6. The van der Waals surface area contributed by atoms with Gasteiger partial charge >= 0.3 is 0 Å². The lowest BCUT2D eigenvalue weighted by Crippen LogP contribution is -2.28. The van der Waals surface area contributed by atoms with Gasteiger partial charge in [0.2, 0.25) is 0 Å². The van der Waals surface area contributed by atoms with Gasteiger partial charge in [-0.1, -0.05) is 18.2 Å². The number of amides is 1. The van der Waals surface area contributed by atoms with Gasteiger partial charge in [-0.25, -0.2) is 9.50 Å². The molecule has 1 atom stereocenters. The van der Waals surface area contributed by atoms with Crippen molar-refractivity contribution >= 4 is 33.0 Å². The molecule has 3 aromatic heterocycles. The minimum Gasteiger partial charge on any atom is -0.386 e. The number of hydrogen-bond acceptors (Lipinski definition) is 5. The summed E-state index contributed by atoms with van der Waals surface area (Å²) < 4.78 is 2.80. The number of hydrogen-bond donors (Lipinski definition) is 2. The summed E-state index contributed by atoms with van der Waals surface area (Å²) in [7, 11) is 0. The number of nitrogens with one attached hydrogen (secondary N) is 1. The summed E-state index contributed by atoms with van der Waals surface area (Å²) in [6, 6.07) is 11.9. The predicted molar refractivity (Wildman–Crippen MR) is 106 cm³/mol. The maximum absolute atomic E-state index is 12.8. The maximum Gasteiger partial charge on any atom is 0.257 e. The predicted octanol–water partition coefficient (Wildman–Crippen LogP) is 3.33. The Hall–Kier alpha value is -2.77. The second kappa shape index (κ2) is 6.75. The number of nitrogens with zero attached hydrogens (tertiary/aromatic N) is 3. The van der Waals surface area contributed by atoms with Gasteiger partial charge in [0, 0.05) is 27.5 Å². The molecule has 0 aliphatic heterocycles. The molecule has 7 heteroatoms. The van der Waals surface area contributed by atoms with Crippen LogP contribution in [0.2, 0.25) is 0 Å². The summed E-state index contributed by atoms with van der Waals surface area (Å²) in [6.07, 6.45) is -0.759. The Morgan fingerprint density at radius 3 is 2.81 bits per heavy atom. The number of aromatic nitrogens is 3. The summed E-state index contributed by atoms with van der Waals surface area (Å²) in [6.45, 7) is 5.75. The highest BCUT2D eigenvalue weighted by Crippen LogP contribution is 2.29. The highest BCUT2D eigenvalue weighted by Gasteiger charge is 2.21. The number of fused-ring (bicyclic) bond motifs is 2. The fourth-order valence-corrected chi connectivity index (χ4v) is 4.29. The molecule has 2 N–H and O–H groups in total.